The molecule has 9 heteroatoms. The van der Waals surface area contributed by atoms with Crippen LogP contribution in [0.25, 0.3) is 0 Å². The summed E-state index contributed by atoms with van der Waals surface area (Å²) < 4.78 is 33.4. The van der Waals surface area contributed by atoms with Gasteiger partial charge in [0, 0.05) is 30.2 Å². The highest BCUT2D eigenvalue weighted by Crippen LogP contribution is 2.31. The fraction of sp³-hybridized carbons (Fsp3) is 0.478. The SMILES string of the molecule is CCOC(=O)c1c(C)[nH]c(C)c1S(=O)(=O)N1CCC[C@H](C(=O)Nc2cccc(CC)c2)C1. The molecule has 1 aliphatic heterocycles. The van der Waals surface area contributed by atoms with Gasteiger partial charge in [0.25, 0.3) is 0 Å². The van der Waals surface area contributed by atoms with Crippen molar-refractivity contribution in [3.05, 3.63) is 46.8 Å². The van der Waals surface area contributed by atoms with Crippen molar-refractivity contribution in [2.24, 2.45) is 5.92 Å². The summed E-state index contributed by atoms with van der Waals surface area (Å²) >= 11 is 0. The molecule has 32 heavy (non-hydrogen) atoms. The van der Waals surface area contributed by atoms with Gasteiger partial charge in [-0.1, -0.05) is 19.1 Å². The zero-order valence-electron chi connectivity index (χ0n) is 19.0. The minimum Gasteiger partial charge on any atom is -0.462 e. The molecule has 1 fully saturated rings. The monoisotopic (exact) mass is 461 g/mol. The number of nitrogens with one attached hydrogen (secondary N) is 2. The normalized spacial score (nSPS) is 17.2. The fourth-order valence-electron chi connectivity index (χ4n) is 4.15. The van der Waals surface area contributed by atoms with Crippen LogP contribution >= 0.6 is 0 Å². The number of aryl methyl sites for hydroxylation is 3. The van der Waals surface area contributed by atoms with Gasteiger partial charge in [-0.3, -0.25) is 4.79 Å². The van der Waals surface area contributed by atoms with Crippen molar-refractivity contribution in [1.82, 2.24) is 9.29 Å². The number of sulfonamides is 1. The number of benzene rings is 1. The minimum atomic E-state index is -3.99. The van der Waals surface area contributed by atoms with E-state index in [1.165, 1.54) is 4.31 Å². The average Bonchev–Trinajstić information content (AvgIpc) is 3.08. The van der Waals surface area contributed by atoms with Crippen molar-refractivity contribution in [2.45, 2.75) is 51.9 Å². The number of carbonyl (C=O) groups excluding carboxylic acids is 2. The number of aromatic nitrogens is 1. The maximum Gasteiger partial charge on any atom is 0.341 e. The first-order chi connectivity index (χ1) is 15.2. The first-order valence-corrected chi connectivity index (χ1v) is 12.4. The predicted molar refractivity (Wildman–Crippen MR) is 122 cm³/mol. The first-order valence-electron chi connectivity index (χ1n) is 10.9. The van der Waals surface area contributed by atoms with Gasteiger partial charge in [-0.25, -0.2) is 13.2 Å². The number of H-pyrrole nitrogens is 1. The number of amides is 1. The number of aromatic amines is 1. The Labute approximate surface area is 189 Å². The van der Waals surface area contributed by atoms with Crippen LogP contribution < -0.4 is 5.32 Å². The maximum absolute atomic E-state index is 13.5. The lowest BCUT2D eigenvalue weighted by Crippen LogP contribution is -2.44. The van der Waals surface area contributed by atoms with Crippen LogP contribution in [0.5, 0.6) is 0 Å². The van der Waals surface area contributed by atoms with E-state index < -0.39 is 21.9 Å². The zero-order valence-corrected chi connectivity index (χ0v) is 19.8. The van der Waals surface area contributed by atoms with Crippen molar-refractivity contribution in [3.63, 3.8) is 0 Å². The molecule has 3 rings (SSSR count). The Balaban J connectivity index is 1.83. The Morgan fingerprint density at radius 2 is 1.97 bits per heavy atom. The fourth-order valence-corrected chi connectivity index (χ4v) is 6.08. The molecule has 1 aliphatic rings. The number of ether oxygens (including phenoxy) is 1. The van der Waals surface area contributed by atoms with Crippen LogP contribution in [0.4, 0.5) is 5.69 Å². The number of piperidine rings is 1. The minimum absolute atomic E-state index is 0.0345. The number of hydrogen-bond acceptors (Lipinski definition) is 5. The Kier molecular flexibility index (Phi) is 7.40. The van der Waals surface area contributed by atoms with E-state index in [0.717, 1.165) is 12.0 Å². The lowest BCUT2D eigenvalue weighted by atomic mass is 9.98. The third-order valence-corrected chi connectivity index (χ3v) is 7.79. The maximum atomic E-state index is 13.5. The van der Waals surface area contributed by atoms with Crippen LogP contribution in [0.15, 0.2) is 29.2 Å². The van der Waals surface area contributed by atoms with Gasteiger partial charge in [-0.15, -0.1) is 0 Å². The largest absolute Gasteiger partial charge is 0.462 e. The van der Waals surface area contributed by atoms with E-state index >= 15 is 0 Å². The van der Waals surface area contributed by atoms with Crippen molar-refractivity contribution in [2.75, 3.05) is 25.0 Å². The standard InChI is InChI=1S/C23H31N3O5S/c1-5-17-9-7-11-19(13-17)25-22(27)18-10-8-12-26(14-18)32(29,30)21-16(4)24-15(3)20(21)23(28)31-6-2/h7,9,11,13,18,24H,5-6,8,10,12,14H2,1-4H3,(H,25,27)/t18-/m0/s1. The summed E-state index contributed by atoms with van der Waals surface area (Å²) in [5.41, 5.74) is 2.68. The highest BCUT2D eigenvalue weighted by atomic mass is 32.2. The van der Waals surface area contributed by atoms with Gasteiger partial charge in [0.15, 0.2) is 0 Å². The number of anilines is 1. The first kappa shape index (κ1) is 24.0. The topological polar surface area (TPSA) is 109 Å². The van der Waals surface area contributed by atoms with E-state index in [1.54, 1.807) is 20.8 Å². The van der Waals surface area contributed by atoms with Gasteiger partial charge < -0.3 is 15.0 Å². The van der Waals surface area contributed by atoms with Crippen LogP contribution in [0.3, 0.4) is 0 Å². The number of nitrogens with zero attached hydrogens (tertiary/aromatic N) is 1. The second-order valence-corrected chi connectivity index (χ2v) is 9.92. The van der Waals surface area contributed by atoms with Gasteiger partial charge in [0.1, 0.15) is 10.5 Å². The molecule has 2 aromatic rings. The van der Waals surface area contributed by atoms with Crippen LogP contribution in [0, 0.1) is 19.8 Å². The summed E-state index contributed by atoms with van der Waals surface area (Å²) in [6.07, 6.45) is 2.02. The molecule has 1 atom stereocenters. The molecule has 0 bridgehead atoms. The molecule has 174 valence electrons. The molecule has 2 heterocycles. The highest BCUT2D eigenvalue weighted by molar-refractivity contribution is 7.89. The molecule has 0 saturated carbocycles. The van der Waals surface area contributed by atoms with Crippen molar-refractivity contribution in [3.8, 4) is 0 Å². The lowest BCUT2D eigenvalue weighted by molar-refractivity contribution is -0.120. The Morgan fingerprint density at radius 3 is 2.66 bits per heavy atom. The van der Waals surface area contributed by atoms with E-state index in [2.05, 4.69) is 10.3 Å². The Hall–Kier alpha value is -2.65. The van der Waals surface area contributed by atoms with Gasteiger partial charge in [0.05, 0.1) is 12.5 Å². The second-order valence-electron chi connectivity index (χ2n) is 8.04. The van der Waals surface area contributed by atoms with Crippen LogP contribution in [-0.2, 0) is 26.0 Å². The number of esters is 1. The highest BCUT2D eigenvalue weighted by Gasteiger charge is 2.38. The summed E-state index contributed by atoms with van der Waals surface area (Å²) in [7, 11) is -3.99. The van der Waals surface area contributed by atoms with Crippen molar-refractivity contribution >= 4 is 27.6 Å². The molecule has 1 amide bonds. The summed E-state index contributed by atoms with van der Waals surface area (Å²) in [6, 6.07) is 7.63. The second kappa shape index (κ2) is 9.87. The molecule has 1 saturated heterocycles. The van der Waals surface area contributed by atoms with E-state index in [-0.39, 0.29) is 29.5 Å². The molecule has 0 aliphatic carbocycles. The van der Waals surface area contributed by atoms with Gasteiger partial charge in [0.2, 0.25) is 15.9 Å². The number of rotatable bonds is 7. The van der Waals surface area contributed by atoms with Crippen LogP contribution in [0.2, 0.25) is 0 Å². The molecule has 1 aromatic carbocycles. The van der Waals surface area contributed by atoms with Crippen LogP contribution in [0.1, 0.15) is 54.0 Å². The molecule has 0 unspecified atom stereocenters. The van der Waals surface area contributed by atoms with Gasteiger partial charge >= 0.3 is 5.97 Å². The molecule has 0 radical (unpaired) electrons. The summed E-state index contributed by atoms with van der Waals surface area (Å²) in [5, 5.41) is 2.92. The van der Waals surface area contributed by atoms with Gasteiger partial charge in [-0.05, 0) is 57.7 Å². The van der Waals surface area contributed by atoms with E-state index in [0.29, 0.717) is 36.5 Å². The van der Waals surface area contributed by atoms with E-state index in [1.807, 2.05) is 31.2 Å². The molecular weight excluding hydrogens is 430 g/mol. The summed E-state index contributed by atoms with van der Waals surface area (Å²) in [4.78, 5) is 28.2. The van der Waals surface area contributed by atoms with Crippen molar-refractivity contribution < 1.29 is 22.7 Å². The molecular formula is C23H31N3O5S. The predicted octanol–water partition coefficient (Wildman–Crippen LogP) is 3.41. The third-order valence-electron chi connectivity index (χ3n) is 5.75. The molecule has 0 spiro atoms. The van der Waals surface area contributed by atoms with Gasteiger partial charge in [-0.2, -0.15) is 4.31 Å². The Morgan fingerprint density at radius 1 is 1.22 bits per heavy atom. The van der Waals surface area contributed by atoms with E-state index in [4.69, 9.17) is 4.74 Å². The molecule has 1 aromatic heterocycles. The smallest absolute Gasteiger partial charge is 0.341 e. The molecule has 8 nitrogen and oxygen atoms in total. The quantitative estimate of drug-likeness (QED) is 0.614. The summed E-state index contributed by atoms with van der Waals surface area (Å²) in [6.45, 7) is 7.49. The zero-order chi connectivity index (χ0) is 23.5. The lowest BCUT2D eigenvalue weighted by Gasteiger charge is -2.31. The molecule has 2 N–H and O–H groups in total. The van der Waals surface area contributed by atoms with E-state index in [9.17, 15) is 18.0 Å². The summed E-state index contributed by atoms with van der Waals surface area (Å²) in [5.74, 6) is -1.35. The Bertz CT molecular complexity index is 1110. The van der Waals surface area contributed by atoms with Crippen molar-refractivity contribution in [1.29, 1.82) is 0 Å². The number of hydrogen-bond donors (Lipinski definition) is 2. The average molecular weight is 462 g/mol. The van der Waals surface area contributed by atoms with Crippen LogP contribution in [-0.4, -0.2) is 49.3 Å². The third kappa shape index (κ3) is 4.88. The number of carbonyl (C=O) groups is 2.